The third kappa shape index (κ3) is 4.33. The van der Waals surface area contributed by atoms with E-state index in [2.05, 4.69) is 15.6 Å². The molecule has 2 aromatic rings. The zero-order valence-corrected chi connectivity index (χ0v) is 14.9. The van der Waals surface area contributed by atoms with Crippen LogP contribution in [0.1, 0.15) is 34.8 Å². The van der Waals surface area contributed by atoms with E-state index in [0.717, 1.165) is 42.8 Å². The first-order valence-electron chi connectivity index (χ1n) is 8.28. The van der Waals surface area contributed by atoms with Crippen molar-refractivity contribution < 1.29 is 9.53 Å². The molecule has 1 aliphatic heterocycles. The Morgan fingerprint density at radius 2 is 2.17 bits per heavy atom. The molecule has 2 heterocycles. The van der Waals surface area contributed by atoms with Gasteiger partial charge in [-0.3, -0.25) is 10.1 Å². The molecule has 0 aliphatic carbocycles. The Morgan fingerprint density at radius 3 is 2.96 bits per heavy atom. The second-order valence-electron chi connectivity index (χ2n) is 6.20. The molecule has 5 nitrogen and oxygen atoms in total. The fourth-order valence-electron chi connectivity index (χ4n) is 2.80. The number of ether oxygens (including phenoxy) is 1. The molecule has 0 unspecified atom stereocenters. The Labute approximate surface area is 146 Å². The summed E-state index contributed by atoms with van der Waals surface area (Å²) in [7, 11) is 0. The lowest BCUT2D eigenvalue weighted by atomic mass is 9.97. The molecule has 6 heteroatoms. The minimum Gasteiger partial charge on any atom is -0.483 e. The Kier molecular flexibility index (Phi) is 5.48. The maximum absolute atomic E-state index is 12.1. The topological polar surface area (TPSA) is 63.2 Å². The predicted molar refractivity (Wildman–Crippen MR) is 97.0 cm³/mol. The molecular weight excluding hydrogens is 322 g/mol. The van der Waals surface area contributed by atoms with E-state index in [9.17, 15) is 4.79 Å². The Morgan fingerprint density at radius 1 is 1.38 bits per heavy atom. The maximum atomic E-state index is 12.1. The Balaban J connectivity index is 1.53. The summed E-state index contributed by atoms with van der Waals surface area (Å²) >= 11 is 1.57. The SMILES string of the molecule is Cc1ccc(C)c(OCC(=O)Nc2ncc(C3CCNCC3)s2)c1. The summed E-state index contributed by atoms with van der Waals surface area (Å²) in [5.41, 5.74) is 2.14. The minimum atomic E-state index is -0.179. The highest BCUT2D eigenvalue weighted by molar-refractivity contribution is 7.15. The van der Waals surface area contributed by atoms with Crippen LogP contribution in [-0.4, -0.2) is 30.6 Å². The number of carbonyl (C=O) groups excluding carboxylic acids is 1. The molecule has 1 aromatic heterocycles. The first kappa shape index (κ1) is 16.9. The van der Waals surface area contributed by atoms with Gasteiger partial charge in [0.2, 0.25) is 0 Å². The number of amides is 1. The predicted octanol–water partition coefficient (Wildman–Crippen LogP) is 3.24. The summed E-state index contributed by atoms with van der Waals surface area (Å²) in [5, 5.41) is 6.85. The molecule has 1 aliphatic rings. The highest BCUT2D eigenvalue weighted by Gasteiger charge is 2.18. The van der Waals surface area contributed by atoms with Crippen molar-refractivity contribution >= 4 is 22.4 Å². The minimum absolute atomic E-state index is 0.00739. The number of thiazole rings is 1. The fourth-order valence-corrected chi connectivity index (χ4v) is 3.80. The van der Waals surface area contributed by atoms with Crippen LogP contribution in [0.5, 0.6) is 5.75 Å². The van der Waals surface area contributed by atoms with E-state index in [-0.39, 0.29) is 12.5 Å². The summed E-state index contributed by atoms with van der Waals surface area (Å²) in [5.74, 6) is 1.13. The molecule has 3 rings (SSSR count). The number of hydrogen-bond acceptors (Lipinski definition) is 5. The lowest BCUT2D eigenvalue weighted by molar-refractivity contribution is -0.118. The number of nitrogens with one attached hydrogen (secondary N) is 2. The van der Waals surface area contributed by atoms with Crippen LogP contribution in [0.25, 0.3) is 0 Å². The highest BCUT2D eigenvalue weighted by atomic mass is 32.1. The van der Waals surface area contributed by atoms with Gasteiger partial charge in [-0.1, -0.05) is 12.1 Å². The van der Waals surface area contributed by atoms with Crippen LogP contribution in [0.3, 0.4) is 0 Å². The van der Waals surface area contributed by atoms with Crippen LogP contribution in [-0.2, 0) is 4.79 Å². The number of aromatic nitrogens is 1. The summed E-state index contributed by atoms with van der Waals surface area (Å²) in [6.45, 7) is 6.07. The van der Waals surface area contributed by atoms with Gasteiger partial charge in [-0.05, 0) is 62.9 Å². The van der Waals surface area contributed by atoms with Gasteiger partial charge in [0, 0.05) is 11.1 Å². The van der Waals surface area contributed by atoms with Crippen molar-refractivity contribution in [2.24, 2.45) is 0 Å². The molecule has 128 valence electrons. The average Bonchev–Trinajstić information content (AvgIpc) is 3.05. The standard InChI is InChI=1S/C18H23N3O2S/c1-12-3-4-13(2)15(9-12)23-11-17(22)21-18-20-10-16(24-18)14-5-7-19-8-6-14/h3-4,9-10,14,19H,5-8,11H2,1-2H3,(H,20,21,22). The van der Waals surface area contributed by atoms with E-state index in [1.807, 2.05) is 38.2 Å². The van der Waals surface area contributed by atoms with Gasteiger partial charge in [0.15, 0.2) is 11.7 Å². The van der Waals surface area contributed by atoms with Crippen molar-refractivity contribution in [3.8, 4) is 5.75 Å². The molecule has 1 saturated heterocycles. The third-order valence-electron chi connectivity index (χ3n) is 4.21. The monoisotopic (exact) mass is 345 g/mol. The summed E-state index contributed by atoms with van der Waals surface area (Å²) in [6, 6.07) is 5.97. The van der Waals surface area contributed by atoms with Crippen molar-refractivity contribution in [3.63, 3.8) is 0 Å². The quantitative estimate of drug-likeness (QED) is 0.873. The number of nitrogens with zero attached hydrogens (tertiary/aromatic N) is 1. The molecule has 1 fully saturated rings. The zero-order chi connectivity index (χ0) is 16.9. The van der Waals surface area contributed by atoms with E-state index in [0.29, 0.717) is 11.0 Å². The van der Waals surface area contributed by atoms with Crippen molar-refractivity contribution in [2.45, 2.75) is 32.6 Å². The van der Waals surface area contributed by atoms with Crippen LogP contribution in [0.15, 0.2) is 24.4 Å². The average molecular weight is 345 g/mol. The maximum Gasteiger partial charge on any atom is 0.264 e. The van der Waals surface area contributed by atoms with E-state index in [4.69, 9.17) is 4.74 Å². The van der Waals surface area contributed by atoms with E-state index in [1.165, 1.54) is 4.88 Å². The Bertz CT molecular complexity index is 708. The number of rotatable bonds is 5. The molecule has 0 bridgehead atoms. The largest absolute Gasteiger partial charge is 0.483 e. The van der Waals surface area contributed by atoms with Gasteiger partial charge in [-0.2, -0.15) is 0 Å². The van der Waals surface area contributed by atoms with Crippen molar-refractivity contribution in [1.82, 2.24) is 10.3 Å². The van der Waals surface area contributed by atoms with Crippen LogP contribution < -0.4 is 15.4 Å². The first-order valence-corrected chi connectivity index (χ1v) is 9.10. The normalized spacial score (nSPS) is 15.2. The van der Waals surface area contributed by atoms with Gasteiger partial charge in [-0.15, -0.1) is 11.3 Å². The number of carbonyl (C=O) groups is 1. The molecule has 1 amide bonds. The number of aryl methyl sites for hydroxylation is 2. The van der Waals surface area contributed by atoms with E-state index in [1.54, 1.807) is 11.3 Å². The van der Waals surface area contributed by atoms with Crippen molar-refractivity contribution in [3.05, 3.63) is 40.4 Å². The number of hydrogen-bond donors (Lipinski definition) is 2. The molecule has 0 radical (unpaired) electrons. The summed E-state index contributed by atoms with van der Waals surface area (Å²) in [6.07, 6.45) is 4.15. The molecule has 2 N–H and O–H groups in total. The summed E-state index contributed by atoms with van der Waals surface area (Å²) < 4.78 is 5.63. The van der Waals surface area contributed by atoms with Crippen LogP contribution >= 0.6 is 11.3 Å². The van der Waals surface area contributed by atoms with Gasteiger partial charge in [0.25, 0.3) is 5.91 Å². The molecule has 0 atom stereocenters. The third-order valence-corrected chi connectivity index (χ3v) is 5.29. The number of benzene rings is 1. The van der Waals surface area contributed by atoms with Gasteiger partial charge in [0.05, 0.1) is 0 Å². The van der Waals surface area contributed by atoms with Crippen LogP contribution in [0.2, 0.25) is 0 Å². The van der Waals surface area contributed by atoms with Crippen molar-refractivity contribution in [2.75, 3.05) is 25.0 Å². The van der Waals surface area contributed by atoms with Gasteiger partial charge < -0.3 is 10.1 Å². The number of anilines is 1. The van der Waals surface area contributed by atoms with E-state index >= 15 is 0 Å². The lowest BCUT2D eigenvalue weighted by Crippen LogP contribution is -2.26. The lowest BCUT2D eigenvalue weighted by Gasteiger charge is -2.20. The number of piperidine rings is 1. The van der Waals surface area contributed by atoms with Gasteiger partial charge >= 0.3 is 0 Å². The molecule has 0 saturated carbocycles. The van der Waals surface area contributed by atoms with E-state index < -0.39 is 0 Å². The zero-order valence-electron chi connectivity index (χ0n) is 14.1. The fraction of sp³-hybridized carbons (Fsp3) is 0.444. The van der Waals surface area contributed by atoms with Crippen LogP contribution in [0, 0.1) is 13.8 Å². The highest BCUT2D eigenvalue weighted by Crippen LogP contribution is 2.31. The smallest absolute Gasteiger partial charge is 0.264 e. The van der Waals surface area contributed by atoms with Gasteiger partial charge in [0.1, 0.15) is 5.75 Å². The second kappa shape index (κ2) is 7.77. The second-order valence-corrected chi connectivity index (χ2v) is 7.26. The van der Waals surface area contributed by atoms with Crippen molar-refractivity contribution in [1.29, 1.82) is 0 Å². The van der Waals surface area contributed by atoms with Gasteiger partial charge in [-0.25, -0.2) is 4.98 Å². The molecule has 0 spiro atoms. The Hall–Kier alpha value is -1.92. The molecule has 24 heavy (non-hydrogen) atoms. The van der Waals surface area contributed by atoms with Crippen LogP contribution in [0.4, 0.5) is 5.13 Å². The first-order chi connectivity index (χ1) is 11.6. The molecular formula is C18H23N3O2S. The summed E-state index contributed by atoms with van der Waals surface area (Å²) in [4.78, 5) is 17.7. The molecule has 1 aromatic carbocycles.